The van der Waals surface area contributed by atoms with Crippen molar-refractivity contribution in [1.29, 1.82) is 0 Å². The number of hydrogen-bond donors (Lipinski definition) is 2. The maximum Gasteiger partial charge on any atom is 0.335 e. The van der Waals surface area contributed by atoms with E-state index in [-0.39, 0.29) is 35.9 Å². The Balaban J connectivity index is 1.76. The number of carboxylic acid groups (broad SMARTS) is 1. The standard InChI is InChI=1S/C19H17N3O7/c1-29-16-9-14(22(27)28)5-6-15(16)21-10-12(8-17(21)23)18(24)20-13-4-2-3-11(7-13)19(25)26/h2-7,9,12H,8,10H2,1H3,(H,20,24)(H,25,26)/t12-/m1/s1. The van der Waals surface area contributed by atoms with E-state index in [1.54, 1.807) is 6.07 Å². The predicted molar refractivity (Wildman–Crippen MR) is 102 cm³/mol. The lowest BCUT2D eigenvalue weighted by Gasteiger charge is -2.19. The summed E-state index contributed by atoms with van der Waals surface area (Å²) in [6.07, 6.45) is -0.0510. The molecule has 2 amide bonds. The summed E-state index contributed by atoms with van der Waals surface area (Å²) in [5, 5.41) is 22.6. The van der Waals surface area contributed by atoms with Crippen molar-refractivity contribution in [3.63, 3.8) is 0 Å². The van der Waals surface area contributed by atoms with E-state index in [4.69, 9.17) is 9.84 Å². The Hall–Kier alpha value is -3.95. The molecule has 2 aromatic carbocycles. The SMILES string of the molecule is COc1cc([N+](=O)[O-])ccc1N1C[C@H](C(=O)Nc2cccc(C(=O)O)c2)CC1=O. The first-order valence-corrected chi connectivity index (χ1v) is 8.57. The molecule has 2 N–H and O–H groups in total. The van der Waals surface area contributed by atoms with Gasteiger partial charge in [0.15, 0.2) is 0 Å². The molecular formula is C19H17N3O7. The smallest absolute Gasteiger partial charge is 0.335 e. The van der Waals surface area contributed by atoms with Gasteiger partial charge in [0, 0.05) is 24.7 Å². The largest absolute Gasteiger partial charge is 0.494 e. The molecule has 0 aromatic heterocycles. The summed E-state index contributed by atoms with van der Waals surface area (Å²) in [5.74, 6) is -2.38. The monoisotopic (exact) mass is 399 g/mol. The third-order valence-electron chi connectivity index (χ3n) is 4.54. The molecule has 29 heavy (non-hydrogen) atoms. The van der Waals surface area contributed by atoms with Crippen LogP contribution < -0.4 is 15.0 Å². The van der Waals surface area contributed by atoms with Crippen LogP contribution in [0.5, 0.6) is 5.75 Å². The molecule has 0 unspecified atom stereocenters. The second kappa shape index (κ2) is 7.97. The Morgan fingerprint density at radius 1 is 1.28 bits per heavy atom. The van der Waals surface area contributed by atoms with E-state index in [0.717, 1.165) is 0 Å². The zero-order valence-electron chi connectivity index (χ0n) is 15.3. The highest BCUT2D eigenvalue weighted by atomic mass is 16.6. The van der Waals surface area contributed by atoms with Crippen molar-refractivity contribution in [2.24, 2.45) is 5.92 Å². The number of methoxy groups -OCH3 is 1. The first-order valence-electron chi connectivity index (χ1n) is 8.57. The van der Waals surface area contributed by atoms with Gasteiger partial charge in [0.05, 0.1) is 35.3 Å². The van der Waals surface area contributed by atoms with Gasteiger partial charge in [-0.05, 0) is 24.3 Å². The number of carbonyl (C=O) groups excluding carboxylic acids is 2. The van der Waals surface area contributed by atoms with E-state index in [1.165, 1.54) is 48.4 Å². The minimum Gasteiger partial charge on any atom is -0.494 e. The summed E-state index contributed by atoms with van der Waals surface area (Å²) >= 11 is 0. The number of anilines is 2. The first-order chi connectivity index (χ1) is 13.8. The van der Waals surface area contributed by atoms with Gasteiger partial charge < -0.3 is 20.1 Å². The number of nitrogens with one attached hydrogen (secondary N) is 1. The molecule has 10 heteroatoms. The Bertz CT molecular complexity index is 1010. The Labute approximate surface area is 164 Å². The quantitative estimate of drug-likeness (QED) is 0.561. The van der Waals surface area contributed by atoms with Crippen molar-refractivity contribution in [1.82, 2.24) is 0 Å². The molecule has 0 radical (unpaired) electrons. The highest BCUT2D eigenvalue weighted by Crippen LogP contribution is 2.36. The topological polar surface area (TPSA) is 139 Å². The molecule has 0 bridgehead atoms. The first kappa shape index (κ1) is 19.8. The van der Waals surface area contributed by atoms with Crippen molar-refractivity contribution in [3.05, 3.63) is 58.1 Å². The van der Waals surface area contributed by atoms with Crippen molar-refractivity contribution in [2.45, 2.75) is 6.42 Å². The van der Waals surface area contributed by atoms with E-state index in [2.05, 4.69) is 5.32 Å². The fraction of sp³-hybridized carbons (Fsp3) is 0.211. The summed E-state index contributed by atoms with van der Waals surface area (Å²) in [6.45, 7) is 0.0669. The summed E-state index contributed by atoms with van der Waals surface area (Å²) in [4.78, 5) is 47.8. The van der Waals surface area contributed by atoms with E-state index >= 15 is 0 Å². The van der Waals surface area contributed by atoms with Crippen LogP contribution in [0.3, 0.4) is 0 Å². The van der Waals surface area contributed by atoms with Crippen LogP contribution in [0.15, 0.2) is 42.5 Å². The number of nitro groups is 1. The molecule has 1 heterocycles. The number of benzene rings is 2. The lowest BCUT2D eigenvalue weighted by Crippen LogP contribution is -2.28. The summed E-state index contributed by atoms with van der Waals surface area (Å²) in [7, 11) is 1.34. The van der Waals surface area contributed by atoms with E-state index < -0.39 is 22.7 Å². The number of amides is 2. The lowest BCUT2D eigenvalue weighted by atomic mass is 10.1. The number of rotatable bonds is 6. The van der Waals surface area contributed by atoms with Crippen LogP contribution in [0.4, 0.5) is 17.1 Å². The number of non-ortho nitro benzene ring substituents is 1. The molecular weight excluding hydrogens is 382 g/mol. The van der Waals surface area contributed by atoms with Crippen molar-refractivity contribution in [3.8, 4) is 5.75 Å². The van der Waals surface area contributed by atoms with Crippen LogP contribution in [-0.2, 0) is 9.59 Å². The number of aromatic carboxylic acids is 1. The third-order valence-corrected chi connectivity index (χ3v) is 4.54. The highest BCUT2D eigenvalue weighted by Gasteiger charge is 2.36. The van der Waals surface area contributed by atoms with Crippen LogP contribution in [0, 0.1) is 16.0 Å². The summed E-state index contributed by atoms with van der Waals surface area (Å²) in [5.41, 5.74) is 0.507. The van der Waals surface area contributed by atoms with Crippen molar-refractivity contribution < 1.29 is 29.2 Å². The molecule has 3 rings (SSSR count). The van der Waals surface area contributed by atoms with Crippen LogP contribution in [0.1, 0.15) is 16.8 Å². The molecule has 10 nitrogen and oxygen atoms in total. The van der Waals surface area contributed by atoms with E-state index in [1.807, 2.05) is 0 Å². The zero-order valence-corrected chi connectivity index (χ0v) is 15.3. The fourth-order valence-electron chi connectivity index (χ4n) is 3.09. The number of nitro benzene ring substituents is 1. The Morgan fingerprint density at radius 3 is 2.69 bits per heavy atom. The molecule has 0 spiro atoms. The maximum absolute atomic E-state index is 12.6. The number of ether oxygens (including phenoxy) is 1. The number of hydrogen-bond acceptors (Lipinski definition) is 6. The van der Waals surface area contributed by atoms with Crippen LogP contribution in [0.2, 0.25) is 0 Å². The molecule has 1 saturated heterocycles. The van der Waals surface area contributed by atoms with Gasteiger partial charge in [-0.25, -0.2) is 4.79 Å². The van der Waals surface area contributed by atoms with Crippen LogP contribution >= 0.6 is 0 Å². The normalized spacial score (nSPS) is 15.8. The van der Waals surface area contributed by atoms with Gasteiger partial charge in [-0.15, -0.1) is 0 Å². The average Bonchev–Trinajstić information content (AvgIpc) is 3.09. The second-order valence-electron chi connectivity index (χ2n) is 6.39. The van der Waals surface area contributed by atoms with Crippen LogP contribution in [-0.4, -0.2) is 41.5 Å². The average molecular weight is 399 g/mol. The van der Waals surface area contributed by atoms with Gasteiger partial charge in [-0.1, -0.05) is 6.07 Å². The molecule has 1 aliphatic rings. The molecule has 1 aliphatic heterocycles. The molecule has 150 valence electrons. The van der Waals surface area contributed by atoms with Gasteiger partial charge in [-0.2, -0.15) is 0 Å². The molecule has 1 atom stereocenters. The second-order valence-corrected chi connectivity index (χ2v) is 6.39. The predicted octanol–water partition coefficient (Wildman–Crippen LogP) is 2.29. The van der Waals surface area contributed by atoms with E-state index in [0.29, 0.717) is 11.4 Å². The van der Waals surface area contributed by atoms with Gasteiger partial charge >= 0.3 is 5.97 Å². The summed E-state index contributed by atoms with van der Waals surface area (Å²) in [6, 6.07) is 9.67. The minimum absolute atomic E-state index is 0.0301. The van der Waals surface area contributed by atoms with Crippen LogP contribution in [0.25, 0.3) is 0 Å². The number of carboxylic acids is 1. The molecule has 0 aliphatic carbocycles. The molecule has 1 fully saturated rings. The highest BCUT2D eigenvalue weighted by molar-refractivity contribution is 6.04. The molecule has 2 aromatic rings. The fourth-order valence-corrected chi connectivity index (χ4v) is 3.09. The Kier molecular flexibility index (Phi) is 5.44. The number of carbonyl (C=O) groups is 3. The van der Waals surface area contributed by atoms with Gasteiger partial charge in [0.2, 0.25) is 11.8 Å². The van der Waals surface area contributed by atoms with Gasteiger partial charge in [0.1, 0.15) is 5.75 Å². The van der Waals surface area contributed by atoms with Gasteiger partial charge in [0.25, 0.3) is 5.69 Å². The van der Waals surface area contributed by atoms with Crippen molar-refractivity contribution in [2.75, 3.05) is 23.9 Å². The lowest BCUT2D eigenvalue weighted by molar-refractivity contribution is -0.384. The van der Waals surface area contributed by atoms with Gasteiger partial charge in [-0.3, -0.25) is 19.7 Å². The molecule has 0 saturated carbocycles. The van der Waals surface area contributed by atoms with E-state index in [9.17, 15) is 24.5 Å². The minimum atomic E-state index is -1.12. The maximum atomic E-state index is 12.6. The third kappa shape index (κ3) is 4.15. The summed E-state index contributed by atoms with van der Waals surface area (Å²) < 4.78 is 5.17. The Morgan fingerprint density at radius 2 is 2.03 bits per heavy atom. The number of nitrogens with zero attached hydrogens (tertiary/aromatic N) is 2. The van der Waals surface area contributed by atoms with Crippen molar-refractivity contribution >= 4 is 34.8 Å². The zero-order chi connectivity index (χ0) is 21.1.